The number of carbonyl (C=O) groups is 2. The molecule has 0 heterocycles. The van der Waals surface area contributed by atoms with E-state index in [0.29, 0.717) is 12.2 Å². The van der Waals surface area contributed by atoms with Crippen molar-refractivity contribution < 1.29 is 14.3 Å². The molecule has 1 aromatic rings. The summed E-state index contributed by atoms with van der Waals surface area (Å²) in [6, 6.07) is 7.42. The maximum atomic E-state index is 12.2. The number of ether oxygens (including phenoxy) is 1. The van der Waals surface area contributed by atoms with E-state index in [1.54, 1.807) is 14.0 Å². The summed E-state index contributed by atoms with van der Waals surface area (Å²) in [4.78, 5) is 23.0. The van der Waals surface area contributed by atoms with Gasteiger partial charge in [-0.1, -0.05) is 83.5 Å². The summed E-state index contributed by atoms with van der Waals surface area (Å²) in [5.41, 5.74) is 0.795. The van der Waals surface area contributed by atoms with Gasteiger partial charge in [0.05, 0.1) is 7.11 Å². The van der Waals surface area contributed by atoms with Gasteiger partial charge in [0.2, 0.25) is 0 Å². The van der Waals surface area contributed by atoms with Crippen molar-refractivity contribution in [3.63, 3.8) is 0 Å². The lowest BCUT2D eigenvalue weighted by atomic mass is 10.0. The molecule has 0 aliphatic carbocycles. The summed E-state index contributed by atoms with van der Waals surface area (Å²) in [6.07, 6.45) is 20.6. The quantitative estimate of drug-likeness (QED) is 0.159. The first-order chi connectivity index (χ1) is 14.6. The minimum Gasteiger partial charge on any atom is -0.497 e. The smallest absolute Gasteiger partial charge is 0.162 e. The average molecular weight is 417 g/mol. The molecular formula is C27H44O3. The Labute approximate surface area is 185 Å². The highest BCUT2D eigenvalue weighted by Gasteiger charge is 2.05. The van der Waals surface area contributed by atoms with E-state index in [-0.39, 0.29) is 5.78 Å². The number of Topliss-reactive ketones (excluding diaryl/α,β-unsaturated/α-hetero) is 2. The molecule has 0 N–H and O–H groups in total. The van der Waals surface area contributed by atoms with Crippen LogP contribution in [0.3, 0.4) is 0 Å². The molecule has 0 saturated carbocycles. The monoisotopic (exact) mass is 416 g/mol. The fourth-order valence-corrected chi connectivity index (χ4v) is 3.88. The second-order valence-corrected chi connectivity index (χ2v) is 8.66. The van der Waals surface area contributed by atoms with Gasteiger partial charge in [-0.15, -0.1) is 0 Å². The third-order valence-electron chi connectivity index (χ3n) is 5.84. The molecule has 0 amide bonds. The largest absolute Gasteiger partial charge is 0.497 e. The van der Waals surface area contributed by atoms with Crippen molar-refractivity contribution in [1.82, 2.24) is 0 Å². The lowest BCUT2D eigenvalue weighted by Gasteiger charge is -2.04. The van der Waals surface area contributed by atoms with Crippen LogP contribution >= 0.6 is 0 Å². The van der Waals surface area contributed by atoms with Crippen LogP contribution in [0.1, 0.15) is 126 Å². The van der Waals surface area contributed by atoms with E-state index in [1.807, 2.05) is 24.3 Å². The average Bonchev–Trinajstić information content (AvgIpc) is 2.75. The predicted molar refractivity (Wildman–Crippen MR) is 126 cm³/mol. The Bertz CT molecular complexity index is 562. The topological polar surface area (TPSA) is 43.4 Å². The number of unbranched alkanes of at least 4 members (excludes halogenated alkanes) is 14. The van der Waals surface area contributed by atoms with E-state index < -0.39 is 0 Å². The fraction of sp³-hybridized carbons (Fsp3) is 0.704. The van der Waals surface area contributed by atoms with Gasteiger partial charge in [-0.3, -0.25) is 4.79 Å². The van der Waals surface area contributed by atoms with Crippen LogP contribution in [0.15, 0.2) is 24.3 Å². The molecule has 3 nitrogen and oxygen atoms in total. The molecule has 0 saturated heterocycles. The summed E-state index contributed by atoms with van der Waals surface area (Å²) in [7, 11) is 1.64. The van der Waals surface area contributed by atoms with Crippen LogP contribution in [0.2, 0.25) is 0 Å². The fourth-order valence-electron chi connectivity index (χ4n) is 3.88. The first kappa shape index (κ1) is 26.4. The molecule has 170 valence electrons. The second-order valence-electron chi connectivity index (χ2n) is 8.66. The van der Waals surface area contributed by atoms with Gasteiger partial charge < -0.3 is 9.53 Å². The Hall–Kier alpha value is -1.64. The Balaban J connectivity index is 1.81. The van der Waals surface area contributed by atoms with Gasteiger partial charge >= 0.3 is 0 Å². The molecular weight excluding hydrogens is 372 g/mol. The van der Waals surface area contributed by atoms with Crippen molar-refractivity contribution in [3.8, 4) is 5.75 Å². The number of rotatable bonds is 20. The van der Waals surface area contributed by atoms with Crippen LogP contribution in [0.25, 0.3) is 0 Å². The van der Waals surface area contributed by atoms with Crippen LogP contribution in [0.5, 0.6) is 5.75 Å². The zero-order chi connectivity index (χ0) is 21.9. The minimum absolute atomic E-state index is 0.244. The highest BCUT2D eigenvalue weighted by Crippen LogP contribution is 2.16. The summed E-state index contributed by atoms with van der Waals surface area (Å²) in [6.45, 7) is 1.69. The van der Waals surface area contributed by atoms with E-state index >= 15 is 0 Å². The number of benzene rings is 1. The molecule has 0 unspecified atom stereocenters. The molecule has 1 aromatic carbocycles. The molecule has 0 bridgehead atoms. The van der Waals surface area contributed by atoms with Crippen molar-refractivity contribution in [2.45, 2.75) is 116 Å². The molecule has 0 aliphatic rings. The zero-order valence-corrected chi connectivity index (χ0v) is 19.6. The summed E-state index contributed by atoms with van der Waals surface area (Å²) >= 11 is 0. The SMILES string of the molecule is COc1ccc(C(=O)CCCCCCCCCCCCCCCCCC(C)=O)cc1. The summed E-state index contributed by atoms with van der Waals surface area (Å²) in [5, 5.41) is 0. The Morgan fingerprint density at radius 1 is 0.600 bits per heavy atom. The van der Waals surface area contributed by atoms with E-state index in [9.17, 15) is 9.59 Å². The van der Waals surface area contributed by atoms with E-state index in [0.717, 1.165) is 37.0 Å². The third kappa shape index (κ3) is 14.4. The number of hydrogen-bond acceptors (Lipinski definition) is 3. The lowest BCUT2D eigenvalue weighted by Crippen LogP contribution is -1.98. The van der Waals surface area contributed by atoms with Gasteiger partial charge in [0.1, 0.15) is 11.5 Å². The highest BCUT2D eigenvalue weighted by atomic mass is 16.5. The standard InChI is InChI=1S/C27H44O3/c1-24(28)18-16-14-12-10-8-6-4-3-5-7-9-11-13-15-17-19-27(29)25-20-22-26(30-2)23-21-25/h20-23H,3-19H2,1-2H3. The van der Waals surface area contributed by atoms with Gasteiger partial charge in [-0.25, -0.2) is 0 Å². The Morgan fingerprint density at radius 3 is 1.33 bits per heavy atom. The van der Waals surface area contributed by atoms with E-state index in [4.69, 9.17) is 4.74 Å². The Kier molecular flexibility index (Phi) is 16.0. The van der Waals surface area contributed by atoms with Crippen molar-refractivity contribution in [2.24, 2.45) is 0 Å². The maximum absolute atomic E-state index is 12.2. The lowest BCUT2D eigenvalue weighted by molar-refractivity contribution is -0.117. The van der Waals surface area contributed by atoms with Crippen molar-refractivity contribution >= 4 is 11.6 Å². The first-order valence-corrected chi connectivity index (χ1v) is 12.3. The van der Waals surface area contributed by atoms with Crippen molar-refractivity contribution in [1.29, 1.82) is 0 Å². The van der Waals surface area contributed by atoms with Gasteiger partial charge in [-0.05, 0) is 44.0 Å². The predicted octanol–water partition coefficient (Wildman–Crippen LogP) is 8.10. The number of hydrogen-bond donors (Lipinski definition) is 0. The molecule has 0 radical (unpaired) electrons. The molecule has 0 atom stereocenters. The van der Waals surface area contributed by atoms with Gasteiger partial charge in [0.25, 0.3) is 0 Å². The van der Waals surface area contributed by atoms with Crippen LogP contribution in [0.4, 0.5) is 0 Å². The van der Waals surface area contributed by atoms with E-state index in [1.165, 1.54) is 77.0 Å². The normalized spacial score (nSPS) is 10.9. The summed E-state index contributed by atoms with van der Waals surface area (Å²) < 4.78 is 5.13. The molecule has 0 aliphatic heterocycles. The molecule has 30 heavy (non-hydrogen) atoms. The minimum atomic E-state index is 0.244. The van der Waals surface area contributed by atoms with E-state index in [2.05, 4.69) is 0 Å². The maximum Gasteiger partial charge on any atom is 0.162 e. The Morgan fingerprint density at radius 2 is 0.967 bits per heavy atom. The third-order valence-corrected chi connectivity index (χ3v) is 5.84. The van der Waals surface area contributed by atoms with Gasteiger partial charge in [-0.2, -0.15) is 0 Å². The summed E-state index contributed by atoms with van der Waals surface area (Å²) in [5.74, 6) is 1.37. The van der Waals surface area contributed by atoms with Gasteiger partial charge in [0.15, 0.2) is 5.78 Å². The van der Waals surface area contributed by atoms with Crippen LogP contribution in [-0.2, 0) is 4.79 Å². The van der Waals surface area contributed by atoms with Crippen LogP contribution < -0.4 is 4.74 Å². The second kappa shape index (κ2) is 18.2. The van der Waals surface area contributed by atoms with Crippen LogP contribution in [0, 0.1) is 0 Å². The number of carbonyl (C=O) groups excluding carboxylic acids is 2. The van der Waals surface area contributed by atoms with Crippen molar-refractivity contribution in [2.75, 3.05) is 7.11 Å². The first-order valence-electron chi connectivity index (χ1n) is 12.3. The molecule has 0 aromatic heterocycles. The zero-order valence-electron chi connectivity index (χ0n) is 19.6. The molecule has 0 spiro atoms. The number of methoxy groups -OCH3 is 1. The molecule has 3 heteroatoms. The molecule has 0 fully saturated rings. The highest BCUT2D eigenvalue weighted by molar-refractivity contribution is 5.96. The van der Waals surface area contributed by atoms with Gasteiger partial charge in [0, 0.05) is 18.4 Å². The van der Waals surface area contributed by atoms with Crippen LogP contribution in [-0.4, -0.2) is 18.7 Å². The molecule has 1 rings (SSSR count). The number of ketones is 2. The van der Waals surface area contributed by atoms with Crippen molar-refractivity contribution in [3.05, 3.63) is 29.8 Å².